The average molecular weight is 276 g/mol. The Bertz CT molecular complexity index is 562. The Hall–Kier alpha value is -2.07. The zero-order valence-electron chi connectivity index (χ0n) is 9.98. The molecule has 0 aromatic carbocycles. The van der Waals surface area contributed by atoms with Gasteiger partial charge in [-0.25, -0.2) is 0 Å². The fourth-order valence-electron chi connectivity index (χ4n) is 2.41. The van der Waals surface area contributed by atoms with Crippen molar-refractivity contribution in [1.82, 2.24) is 10.2 Å². The summed E-state index contributed by atoms with van der Waals surface area (Å²) >= 11 is 6.35. The summed E-state index contributed by atoms with van der Waals surface area (Å²) < 4.78 is 0. The molecular weight excluding hydrogens is 266 g/mol. The van der Waals surface area contributed by atoms with Gasteiger partial charge < -0.3 is 4.90 Å². The van der Waals surface area contributed by atoms with Crippen LogP contribution < -0.4 is 5.32 Å². The van der Waals surface area contributed by atoms with E-state index < -0.39 is 11.0 Å². The first kappa shape index (κ1) is 13.4. The second-order valence-electron chi connectivity index (χ2n) is 4.38. The van der Waals surface area contributed by atoms with Crippen molar-refractivity contribution in [3.05, 3.63) is 11.1 Å². The monoisotopic (exact) mass is 275 g/mol. The van der Waals surface area contributed by atoms with E-state index in [1.165, 1.54) is 0 Å². The van der Waals surface area contributed by atoms with E-state index in [4.69, 9.17) is 27.4 Å². The molecule has 0 aromatic heterocycles. The molecule has 2 atom stereocenters. The van der Waals surface area contributed by atoms with E-state index >= 15 is 0 Å². The number of nitriles is 3. The van der Waals surface area contributed by atoms with Crippen molar-refractivity contribution in [2.75, 3.05) is 13.1 Å². The molecule has 2 aliphatic rings. The molecule has 19 heavy (non-hydrogen) atoms. The van der Waals surface area contributed by atoms with Crippen LogP contribution in [-0.2, 0) is 4.79 Å². The number of carbonyl (C=O) groups excluding carboxylic acids is 1. The van der Waals surface area contributed by atoms with Gasteiger partial charge >= 0.3 is 0 Å². The molecule has 0 aromatic rings. The van der Waals surface area contributed by atoms with Crippen molar-refractivity contribution in [1.29, 1.82) is 15.8 Å². The maximum atomic E-state index is 11.7. The molecule has 1 N–H and O–H groups in total. The van der Waals surface area contributed by atoms with Crippen molar-refractivity contribution >= 4 is 17.5 Å². The smallest absolute Gasteiger partial charge is 0.223 e. The van der Waals surface area contributed by atoms with E-state index in [0.29, 0.717) is 19.5 Å². The van der Waals surface area contributed by atoms with Crippen LogP contribution >= 0.6 is 11.6 Å². The summed E-state index contributed by atoms with van der Waals surface area (Å²) in [5.74, 6) is -0.00993. The Morgan fingerprint density at radius 3 is 2.42 bits per heavy atom. The quantitative estimate of drug-likeness (QED) is 0.446. The molecule has 6 nitrogen and oxygen atoms in total. The number of likely N-dealkylation sites (tertiary alicyclic amines) is 1. The van der Waals surface area contributed by atoms with Crippen molar-refractivity contribution in [3.63, 3.8) is 0 Å². The Balaban J connectivity index is 2.37. The first-order valence-electron chi connectivity index (χ1n) is 5.77. The fourth-order valence-corrected chi connectivity index (χ4v) is 2.82. The highest BCUT2D eigenvalue weighted by molar-refractivity contribution is 6.27. The molecule has 2 unspecified atom stereocenters. The third-order valence-corrected chi connectivity index (χ3v) is 4.02. The van der Waals surface area contributed by atoms with Crippen molar-refractivity contribution in [2.45, 2.75) is 23.9 Å². The van der Waals surface area contributed by atoms with E-state index in [-0.39, 0.29) is 17.1 Å². The second kappa shape index (κ2) is 4.90. The SMILES string of the molecule is N#CC(C#N)=C(C#N)C1(Cl)NCC1N1CCCC1=O. The van der Waals surface area contributed by atoms with E-state index in [9.17, 15) is 4.79 Å². The lowest BCUT2D eigenvalue weighted by Crippen LogP contribution is -2.72. The first-order valence-corrected chi connectivity index (χ1v) is 6.14. The fraction of sp³-hybridized carbons (Fsp3) is 0.500. The normalized spacial score (nSPS) is 28.8. The number of hydrogen-bond acceptors (Lipinski definition) is 5. The molecule has 0 spiro atoms. The Kier molecular flexibility index (Phi) is 3.44. The summed E-state index contributed by atoms with van der Waals surface area (Å²) in [6.45, 7) is 1.04. The van der Waals surface area contributed by atoms with Gasteiger partial charge in [-0.3, -0.25) is 10.1 Å². The molecular formula is C12H10ClN5O. The lowest BCUT2D eigenvalue weighted by atomic mass is 9.88. The number of nitrogens with one attached hydrogen (secondary N) is 1. The van der Waals surface area contributed by atoms with Crippen LogP contribution in [0.1, 0.15) is 12.8 Å². The third kappa shape index (κ3) is 1.94. The molecule has 2 rings (SSSR count). The predicted molar refractivity (Wildman–Crippen MR) is 65.2 cm³/mol. The van der Waals surface area contributed by atoms with Gasteiger partial charge in [0.15, 0.2) is 5.00 Å². The molecule has 1 amide bonds. The highest BCUT2D eigenvalue weighted by Crippen LogP contribution is 2.38. The number of nitrogens with zero attached hydrogens (tertiary/aromatic N) is 4. The van der Waals surface area contributed by atoms with Crippen LogP contribution in [0.25, 0.3) is 0 Å². The summed E-state index contributed by atoms with van der Waals surface area (Å²) in [5.41, 5.74) is -0.434. The van der Waals surface area contributed by atoms with Crippen LogP contribution in [0, 0.1) is 34.0 Å². The summed E-state index contributed by atoms with van der Waals surface area (Å²) in [6.07, 6.45) is 1.23. The van der Waals surface area contributed by atoms with Gasteiger partial charge in [0.1, 0.15) is 23.8 Å². The number of alkyl halides is 1. The van der Waals surface area contributed by atoms with E-state index in [0.717, 1.165) is 6.42 Å². The van der Waals surface area contributed by atoms with Crippen LogP contribution in [0.5, 0.6) is 0 Å². The van der Waals surface area contributed by atoms with E-state index in [2.05, 4.69) is 5.32 Å². The first-order chi connectivity index (χ1) is 9.08. The molecule has 0 saturated carbocycles. The number of hydrogen-bond donors (Lipinski definition) is 1. The van der Waals surface area contributed by atoms with Crippen LogP contribution in [0.3, 0.4) is 0 Å². The van der Waals surface area contributed by atoms with Gasteiger partial charge in [-0.1, -0.05) is 11.6 Å². The predicted octanol–water partition coefficient (Wildman–Crippen LogP) is 0.383. The minimum absolute atomic E-state index is 0.00993. The topological polar surface area (TPSA) is 104 Å². The van der Waals surface area contributed by atoms with Crippen LogP contribution in [0.4, 0.5) is 0 Å². The minimum atomic E-state index is -1.32. The van der Waals surface area contributed by atoms with Gasteiger partial charge in [0.05, 0.1) is 11.6 Å². The molecule has 2 aliphatic heterocycles. The molecule has 2 heterocycles. The Morgan fingerprint density at radius 2 is 2.05 bits per heavy atom. The summed E-state index contributed by atoms with van der Waals surface area (Å²) in [7, 11) is 0. The Labute approximate surface area is 115 Å². The zero-order chi connectivity index (χ0) is 14.0. The number of rotatable bonds is 2. The van der Waals surface area contributed by atoms with E-state index in [1.807, 2.05) is 6.07 Å². The maximum absolute atomic E-state index is 11.7. The molecule has 2 saturated heterocycles. The number of halogens is 1. The number of amides is 1. The maximum Gasteiger partial charge on any atom is 0.223 e. The van der Waals surface area contributed by atoms with Gasteiger partial charge in [-0.2, -0.15) is 15.8 Å². The molecule has 0 radical (unpaired) electrons. The molecule has 0 aliphatic carbocycles. The van der Waals surface area contributed by atoms with Crippen LogP contribution in [-0.4, -0.2) is 34.9 Å². The highest BCUT2D eigenvalue weighted by atomic mass is 35.5. The lowest BCUT2D eigenvalue weighted by Gasteiger charge is -2.49. The average Bonchev–Trinajstić information content (AvgIpc) is 2.80. The molecule has 0 bridgehead atoms. The lowest BCUT2D eigenvalue weighted by molar-refractivity contribution is -0.131. The van der Waals surface area contributed by atoms with E-state index in [1.54, 1.807) is 17.0 Å². The minimum Gasteiger partial charge on any atom is -0.335 e. The molecule has 7 heteroatoms. The summed E-state index contributed by atoms with van der Waals surface area (Å²) in [5, 5.41) is 29.7. The van der Waals surface area contributed by atoms with Crippen LogP contribution in [0.2, 0.25) is 0 Å². The van der Waals surface area contributed by atoms with Crippen LogP contribution in [0.15, 0.2) is 11.1 Å². The zero-order valence-corrected chi connectivity index (χ0v) is 10.7. The highest BCUT2D eigenvalue weighted by Gasteiger charge is 2.54. The second-order valence-corrected chi connectivity index (χ2v) is 4.98. The standard InChI is InChI=1S/C12H10ClN5O/c13-12(9(6-16)8(4-14)5-15)10(7-17-12)18-3-1-2-11(18)19/h10,17H,1-3,7H2. The largest absolute Gasteiger partial charge is 0.335 e. The third-order valence-electron chi connectivity index (χ3n) is 3.45. The van der Waals surface area contributed by atoms with Gasteiger partial charge in [0.25, 0.3) is 0 Å². The Morgan fingerprint density at radius 1 is 1.37 bits per heavy atom. The molecule has 96 valence electrons. The van der Waals surface area contributed by atoms with Crippen molar-refractivity contribution in [2.24, 2.45) is 0 Å². The summed E-state index contributed by atoms with van der Waals surface area (Å²) in [4.78, 5) is 12.0. The number of carbonyl (C=O) groups is 1. The molecule has 2 fully saturated rings. The van der Waals surface area contributed by atoms with Gasteiger partial charge in [0, 0.05) is 19.5 Å². The number of allylic oxidation sites excluding steroid dienone is 1. The van der Waals surface area contributed by atoms with Gasteiger partial charge in [-0.05, 0) is 6.42 Å². The van der Waals surface area contributed by atoms with Gasteiger partial charge in [0.2, 0.25) is 5.91 Å². The van der Waals surface area contributed by atoms with Crippen molar-refractivity contribution in [3.8, 4) is 18.2 Å². The van der Waals surface area contributed by atoms with Crippen molar-refractivity contribution < 1.29 is 4.79 Å². The van der Waals surface area contributed by atoms with Gasteiger partial charge in [-0.15, -0.1) is 0 Å². The summed E-state index contributed by atoms with van der Waals surface area (Å²) in [6, 6.07) is 4.76.